The first kappa shape index (κ1) is 9.79. The van der Waals surface area contributed by atoms with Gasteiger partial charge in [-0.05, 0) is 39.2 Å². The Hall–Kier alpha value is -0.300. The number of hydrogen-bond donors (Lipinski definition) is 0. The Morgan fingerprint density at radius 3 is 2.75 bits per heavy atom. The summed E-state index contributed by atoms with van der Waals surface area (Å²) in [6.45, 7) is 8.67. The molecule has 0 fully saturated rings. The first-order valence-corrected chi connectivity index (χ1v) is 4.91. The zero-order chi connectivity index (χ0) is 9.19. The third kappa shape index (κ3) is 2.10. The second-order valence-corrected chi connectivity index (χ2v) is 4.16. The van der Waals surface area contributed by atoms with Gasteiger partial charge in [0.05, 0.1) is 11.7 Å². The molecule has 0 spiro atoms. The lowest BCUT2D eigenvalue weighted by molar-refractivity contribution is -0.0597. The summed E-state index contributed by atoms with van der Waals surface area (Å²) in [7, 11) is 0. The van der Waals surface area contributed by atoms with Crippen LogP contribution in [0.1, 0.15) is 47.0 Å². The summed E-state index contributed by atoms with van der Waals surface area (Å²) in [6.07, 6.45) is 6.28. The van der Waals surface area contributed by atoms with Crippen molar-refractivity contribution in [3.05, 3.63) is 11.6 Å². The molecular formula is C11H20O. The summed E-state index contributed by atoms with van der Waals surface area (Å²) in [4.78, 5) is 0. The molecule has 70 valence electrons. The van der Waals surface area contributed by atoms with Gasteiger partial charge in [0, 0.05) is 0 Å². The minimum absolute atomic E-state index is 0.0297. The molecule has 1 rings (SSSR count). The summed E-state index contributed by atoms with van der Waals surface area (Å²) in [5.41, 5.74) is 1.34. The van der Waals surface area contributed by atoms with Crippen LogP contribution in [0, 0.1) is 0 Å². The Labute approximate surface area is 75.8 Å². The zero-order valence-corrected chi connectivity index (χ0v) is 8.68. The molecule has 1 nitrogen and oxygen atoms in total. The van der Waals surface area contributed by atoms with Crippen molar-refractivity contribution in [3.63, 3.8) is 0 Å². The van der Waals surface area contributed by atoms with E-state index in [0.717, 1.165) is 6.42 Å². The largest absolute Gasteiger partial charge is 0.368 e. The van der Waals surface area contributed by atoms with E-state index in [2.05, 4.69) is 33.8 Å². The molecule has 1 unspecified atom stereocenters. The van der Waals surface area contributed by atoms with E-state index < -0.39 is 0 Å². The highest BCUT2D eigenvalue weighted by atomic mass is 16.5. The van der Waals surface area contributed by atoms with Crippen LogP contribution in [0.3, 0.4) is 0 Å². The minimum atomic E-state index is -0.0297. The van der Waals surface area contributed by atoms with Gasteiger partial charge in [-0.3, -0.25) is 0 Å². The quantitative estimate of drug-likeness (QED) is 0.575. The molecule has 0 aliphatic carbocycles. The van der Waals surface area contributed by atoms with Gasteiger partial charge in [0.15, 0.2) is 0 Å². The predicted octanol–water partition coefficient (Wildman–Crippen LogP) is 3.30. The van der Waals surface area contributed by atoms with Crippen LogP contribution in [-0.2, 0) is 4.74 Å². The molecule has 0 saturated carbocycles. The summed E-state index contributed by atoms with van der Waals surface area (Å²) in [5, 5.41) is 0. The van der Waals surface area contributed by atoms with E-state index in [1.807, 2.05) is 0 Å². The van der Waals surface area contributed by atoms with Crippen LogP contribution in [0.4, 0.5) is 0 Å². The van der Waals surface area contributed by atoms with Gasteiger partial charge >= 0.3 is 0 Å². The van der Waals surface area contributed by atoms with Crippen molar-refractivity contribution in [3.8, 4) is 0 Å². The number of hydrogen-bond acceptors (Lipinski definition) is 1. The van der Waals surface area contributed by atoms with Crippen LogP contribution in [0.25, 0.3) is 0 Å². The second kappa shape index (κ2) is 3.61. The van der Waals surface area contributed by atoms with E-state index in [-0.39, 0.29) is 5.60 Å². The van der Waals surface area contributed by atoms with Crippen molar-refractivity contribution >= 4 is 0 Å². The molecule has 0 aromatic rings. The van der Waals surface area contributed by atoms with Crippen molar-refractivity contribution in [1.29, 1.82) is 0 Å². The van der Waals surface area contributed by atoms with Gasteiger partial charge in [-0.15, -0.1) is 0 Å². The van der Waals surface area contributed by atoms with Crippen LogP contribution < -0.4 is 0 Å². The Balaban J connectivity index is 2.59. The third-order valence-corrected chi connectivity index (χ3v) is 2.71. The molecule has 0 aromatic carbocycles. The Morgan fingerprint density at radius 1 is 1.58 bits per heavy atom. The monoisotopic (exact) mass is 168 g/mol. The maximum Gasteiger partial charge on any atom is 0.0836 e. The summed E-state index contributed by atoms with van der Waals surface area (Å²) < 4.78 is 5.96. The fourth-order valence-electron chi connectivity index (χ4n) is 1.61. The van der Waals surface area contributed by atoms with Gasteiger partial charge < -0.3 is 4.74 Å². The van der Waals surface area contributed by atoms with E-state index >= 15 is 0 Å². The van der Waals surface area contributed by atoms with Crippen LogP contribution in [-0.4, -0.2) is 11.7 Å². The topological polar surface area (TPSA) is 9.23 Å². The fraction of sp³-hybridized carbons (Fsp3) is 0.818. The Bertz CT molecular complexity index is 179. The molecule has 12 heavy (non-hydrogen) atoms. The third-order valence-electron chi connectivity index (χ3n) is 2.71. The standard InChI is InChI=1S/C11H20O/c1-5-6-10-8-7-9(2)11(3,4)12-10/h7,10H,5-6,8H2,1-4H3. The molecule has 0 radical (unpaired) electrons. The molecule has 1 heteroatoms. The van der Waals surface area contributed by atoms with Crippen molar-refractivity contribution in [1.82, 2.24) is 0 Å². The maximum atomic E-state index is 5.96. The highest BCUT2D eigenvalue weighted by Gasteiger charge is 2.28. The smallest absolute Gasteiger partial charge is 0.0836 e. The van der Waals surface area contributed by atoms with Gasteiger partial charge in [0.1, 0.15) is 0 Å². The van der Waals surface area contributed by atoms with Crippen molar-refractivity contribution in [2.45, 2.75) is 58.7 Å². The van der Waals surface area contributed by atoms with Gasteiger partial charge in [0.25, 0.3) is 0 Å². The highest BCUT2D eigenvalue weighted by molar-refractivity contribution is 5.14. The summed E-state index contributed by atoms with van der Waals surface area (Å²) >= 11 is 0. The first-order valence-electron chi connectivity index (χ1n) is 4.91. The van der Waals surface area contributed by atoms with E-state index in [9.17, 15) is 0 Å². The first-order chi connectivity index (χ1) is 5.56. The van der Waals surface area contributed by atoms with Gasteiger partial charge in [-0.25, -0.2) is 0 Å². The molecule has 0 bridgehead atoms. The van der Waals surface area contributed by atoms with E-state index in [1.165, 1.54) is 18.4 Å². The highest BCUT2D eigenvalue weighted by Crippen LogP contribution is 2.30. The fourth-order valence-corrected chi connectivity index (χ4v) is 1.61. The molecule has 0 amide bonds. The van der Waals surface area contributed by atoms with Crippen LogP contribution in [0.2, 0.25) is 0 Å². The molecular weight excluding hydrogens is 148 g/mol. The zero-order valence-electron chi connectivity index (χ0n) is 8.68. The van der Waals surface area contributed by atoms with Crippen LogP contribution >= 0.6 is 0 Å². The van der Waals surface area contributed by atoms with Gasteiger partial charge in [-0.1, -0.05) is 19.4 Å². The number of rotatable bonds is 2. The summed E-state index contributed by atoms with van der Waals surface area (Å²) in [5.74, 6) is 0. The van der Waals surface area contributed by atoms with Crippen molar-refractivity contribution in [2.75, 3.05) is 0 Å². The van der Waals surface area contributed by atoms with Gasteiger partial charge in [0.2, 0.25) is 0 Å². The van der Waals surface area contributed by atoms with E-state index in [4.69, 9.17) is 4.74 Å². The minimum Gasteiger partial charge on any atom is -0.368 e. The molecule has 0 aromatic heterocycles. The van der Waals surface area contributed by atoms with Crippen LogP contribution in [0.15, 0.2) is 11.6 Å². The Morgan fingerprint density at radius 2 is 2.25 bits per heavy atom. The molecule has 0 saturated heterocycles. The summed E-state index contributed by atoms with van der Waals surface area (Å²) in [6, 6.07) is 0. The number of ether oxygens (including phenoxy) is 1. The average Bonchev–Trinajstić information content (AvgIpc) is 1.97. The molecule has 0 N–H and O–H groups in total. The lowest BCUT2D eigenvalue weighted by Gasteiger charge is -2.35. The van der Waals surface area contributed by atoms with E-state index in [0.29, 0.717) is 6.10 Å². The van der Waals surface area contributed by atoms with Crippen molar-refractivity contribution < 1.29 is 4.74 Å². The van der Waals surface area contributed by atoms with E-state index in [1.54, 1.807) is 0 Å². The lowest BCUT2D eigenvalue weighted by atomic mass is 9.93. The van der Waals surface area contributed by atoms with Crippen LogP contribution in [0.5, 0.6) is 0 Å². The van der Waals surface area contributed by atoms with Crippen molar-refractivity contribution in [2.24, 2.45) is 0 Å². The molecule has 1 atom stereocenters. The Kier molecular flexibility index (Phi) is 2.94. The molecule has 1 aliphatic heterocycles. The lowest BCUT2D eigenvalue weighted by Crippen LogP contribution is -2.35. The molecule has 1 aliphatic rings. The maximum absolute atomic E-state index is 5.96. The second-order valence-electron chi connectivity index (χ2n) is 4.16. The normalized spacial score (nSPS) is 28.3. The average molecular weight is 168 g/mol. The predicted molar refractivity (Wildman–Crippen MR) is 52.2 cm³/mol. The molecule has 1 heterocycles. The SMILES string of the molecule is CCCC1CC=C(C)C(C)(C)O1. The van der Waals surface area contributed by atoms with Gasteiger partial charge in [-0.2, -0.15) is 0 Å².